The van der Waals surface area contributed by atoms with Crippen LogP contribution in [-0.4, -0.2) is 11.1 Å². The molecule has 1 heterocycles. The summed E-state index contributed by atoms with van der Waals surface area (Å²) < 4.78 is 1.48. The predicted molar refractivity (Wildman–Crippen MR) is 63.7 cm³/mol. The SMILES string of the molecule is O=C(O)c1c(Br)cc2ccsc2c1S. The van der Waals surface area contributed by atoms with E-state index in [0.717, 1.165) is 10.1 Å². The lowest BCUT2D eigenvalue weighted by Gasteiger charge is -2.03. The molecule has 5 heteroatoms. The number of thiol groups is 1. The van der Waals surface area contributed by atoms with Gasteiger partial charge >= 0.3 is 5.97 Å². The van der Waals surface area contributed by atoms with Crippen molar-refractivity contribution < 1.29 is 9.90 Å². The highest BCUT2D eigenvalue weighted by Crippen LogP contribution is 2.35. The first-order valence-electron chi connectivity index (χ1n) is 3.73. The van der Waals surface area contributed by atoms with Gasteiger partial charge in [-0.15, -0.1) is 24.0 Å². The maximum absolute atomic E-state index is 10.9. The molecule has 0 unspecified atom stereocenters. The molecule has 2 rings (SSSR count). The first-order valence-corrected chi connectivity index (χ1v) is 5.85. The summed E-state index contributed by atoms with van der Waals surface area (Å²) in [6.07, 6.45) is 0. The lowest BCUT2D eigenvalue weighted by molar-refractivity contribution is 0.0692. The highest BCUT2D eigenvalue weighted by Gasteiger charge is 2.15. The van der Waals surface area contributed by atoms with Crippen molar-refractivity contribution in [1.82, 2.24) is 0 Å². The summed E-state index contributed by atoms with van der Waals surface area (Å²) in [5.74, 6) is -0.961. The van der Waals surface area contributed by atoms with E-state index >= 15 is 0 Å². The van der Waals surface area contributed by atoms with Gasteiger partial charge in [0.1, 0.15) is 0 Å². The number of carboxylic acids is 1. The molecule has 2 aromatic rings. The van der Waals surface area contributed by atoms with Crippen molar-refractivity contribution >= 4 is 56.0 Å². The number of hydrogen-bond acceptors (Lipinski definition) is 3. The van der Waals surface area contributed by atoms with Crippen LogP contribution in [0.25, 0.3) is 10.1 Å². The first kappa shape index (κ1) is 10.0. The molecule has 2 nitrogen and oxygen atoms in total. The summed E-state index contributed by atoms with van der Waals surface area (Å²) in [5.41, 5.74) is 0.225. The minimum absolute atomic E-state index is 0.225. The van der Waals surface area contributed by atoms with E-state index in [0.29, 0.717) is 9.37 Å². The summed E-state index contributed by atoms with van der Waals surface area (Å²) >= 11 is 8.96. The van der Waals surface area contributed by atoms with Gasteiger partial charge < -0.3 is 5.11 Å². The molecule has 0 saturated heterocycles. The zero-order chi connectivity index (χ0) is 10.3. The molecule has 0 fully saturated rings. The molecule has 1 N–H and O–H groups in total. The molecular weight excluding hydrogens is 284 g/mol. The molecule has 0 amide bonds. The van der Waals surface area contributed by atoms with Gasteiger partial charge in [0.05, 0.1) is 5.56 Å². The highest BCUT2D eigenvalue weighted by atomic mass is 79.9. The largest absolute Gasteiger partial charge is 0.478 e. The van der Waals surface area contributed by atoms with Gasteiger partial charge in [0, 0.05) is 14.1 Å². The summed E-state index contributed by atoms with van der Waals surface area (Å²) in [6.45, 7) is 0. The lowest BCUT2D eigenvalue weighted by Crippen LogP contribution is -1.99. The van der Waals surface area contributed by atoms with Gasteiger partial charge in [0.2, 0.25) is 0 Å². The van der Waals surface area contributed by atoms with Crippen molar-refractivity contribution in [2.75, 3.05) is 0 Å². The van der Waals surface area contributed by atoms with Gasteiger partial charge in [-0.3, -0.25) is 0 Å². The molecule has 1 aromatic carbocycles. The maximum Gasteiger partial charge on any atom is 0.338 e. The van der Waals surface area contributed by atoms with Crippen LogP contribution in [0.2, 0.25) is 0 Å². The Hall–Kier alpha value is -0.520. The third-order valence-electron chi connectivity index (χ3n) is 1.88. The molecule has 0 aliphatic rings. The van der Waals surface area contributed by atoms with Crippen LogP contribution in [0.4, 0.5) is 0 Å². The zero-order valence-corrected chi connectivity index (χ0v) is 10.1. The summed E-state index contributed by atoms with van der Waals surface area (Å²) in [6, 6.07) is 3.74. The Morgan fingerprint density at radius 2 is 2.29 bits per heavy atom. The van der Waals surface area contributed by atoms with E-state index in [1.165, 1.54) is 11.3 Å². The lowest BCUT2D eigenvalue weighted by atomic mass is 10.2. The van der Waals surface area contributed by atoms with Crippen molar-refractivity contribution in [2.24, 2.45) is 0 Å². The fraction of sp³-hybridized carbons (Fsp3) is 0. The number of hydrogen-bond donors (Lipinski definition) is 2. The second kappa shape index (κ2) is 3.56. The Kier molecular flexibility index (Phi) is 2.55. The molecule has 0 aliphatic heterocycles. The molecule has 0 bridgehead atoms. The van der Waals surface area contributed by atoms with Crippen LogP contribution < -0.4 is 0 Å². The average molecular weight is 289 g/mol. The molecule has 0 aliphatic carbocycles. The van der Waals surface area contributed by atoms with E-state index in [1.807, 2.05) is 11.4 Å². The van der Waals surface area contributed by atoms with Gasteiger partial charge in [-0.1, -0.05) is 0 Å². The smallest absolute Gasteiger partial charge is 0.338 e. The van der Waals surface area contributed by atoms with Crippen molar-refractivity contribution in [3.63, 3.8) is 0 Å². The minimum Gasteiger partial charge on any atom is -0.478 e. The zero-order valence-electron chi connectivity index (χ0n) is 6.82. The van der Waals surface area contributed by atoms with Gasteiger partial charge in [0.25, 0.3) is 0 Å². The number of carbonyl (C=O) groups is 1. The Labute approximate surface area is 98.1 Å². The minimum atomic E-state index is -0.961. The Balaban J connectivity index is 2.89. The van der Waals surface area contributed by atoms with Crippen LogP contribution in [0.5, 0.6) is 0 Å². The summed E-state index contributed by atoms with van der Waals surface area (Å²) in [4.78, 5) is 11.5. The van der Waals surface area contributed by atoms with E-state index in [2.05, 4.69) is 28.6 Å². The predicted octanol–water partition coefficient (Wildman–Crippen LogP) is 3.65. The number of halogens is 1. The van der Waals surface area contributed by atoms with Gasteiger partial charge in [-0.25, -0.2) is 4.79 Å². The molecule has 72 valence electrons. The molecule has 0 radical (unpaired) electrons. The van der Waals surface area contributed by atoms with E-state index in [-0.39, 0.29) is 5.56 Å². The van der Waals surface area contributed by atoms with Crippen molar-refractivity contribution in [3.05, 3.63) is 27.5 Å². The normalized spacial score (nSPS) is 10.7. The second-order valence-corrected chi connectivity index (χ2v) is 4.94. The number of benzene rings is 1. The number of rotatable bonds is 1. The summed E-state index contributed by atoms with van der Waals surface area (Å²) in [7, 11) is 0. The van der Waals surface area contributed by atoms with E-state index in [4.69, 9.17) is 5.11 Å². The third-order valence-corrected chi connectivity index (χ3v) is 4.05. The van der Waals surface area contributed by atoms with Crippen LogP contribution in [0.1, 0.15) is 10.4 Å². The van der Waals surface area contributed by atoms with E-state index in [1.54, 1.807) is 6.07 Å². The van der Waals surface area contributed by atoms with Crippen LogP contribution in [0.15, 0.2) is 26.9 Å². The van der Waals surface area contributed by atoms with Gasteiger partial charge in [-0.2, -0.15) is 0 Å². The quantitative estimate of drug-likeness (QED) is 0.786. The van der Waals surface area contributed by atoms with Crippen molar-refractivity contribution in [3.8, 4) is 0 Å². The second-order valence-electron chi connectivity index (χ2n) is 2.73. The third kappa shape index (κ3) is 1.45. The van der Waals surface area contributed by atoms with E-state index < -0.39 is 5.97 Å². The van der Waals surface area contributed by atoms with Gasteiger partial charge in [-0.05, 0) is 38.8 Å². The molecule has 0 saturated carbocycles. The molecule has 14 heavy (non-hydrogen) atoms. The van der Waals surface area contributed by atoms with Crippen LogP contribution in [-0.2, 0) is 0 Å². The Morgan fingerprint density at radius 3 is 2.93 bits per heavy atom. The fourth-order valence-electron chi connectivity index (χ4n) is 1.26. The number of thiophene rings is 1. The number of aromatic carboxylic acids is 1. The number of carboxylic acid groups (broad SMARTS) is 1. The number of fused-ring (bicyclic) bond motifs is 1. The van der Waals surface area contributed by atoms with Crippen LogP contribution >= 0.6 is 39.9 Å². The maximum atomic E-state index is 10.9. The van der Waals surface area contributed by atoms with Crippen molar-refractivity contribution in [1.29, 1.82) is 0 Å². The van der Waals surface area contributed by atoms with Crippen LogP contribution in [0.3, 0.4) is 0 Å². The molecule has 0 spiro atoms. The molecule has 1 aromatic heterocycles. The fourth-order valence-corrected chi connectivity index (χ4v) is 3.36. The van der Waals surface area contributed by atoms with Crippen LogP contribution in [0, 0.1) is 0 Å². The molecule has 0 atom stereocenters. The summed E-state index contributed by atoms with van der Waals surface area (Å²) in [5, 5.41) is 11.9. The monoisotopic (exact) mass is 288 g/mol. The first-order chi connectivity index (χ1) is 6.61. The Morgan fingerprint density at radius 1 is 1.57 bits per heavy atom. The van der Waals surface area contributed by atoms with Crippen molar-refractivity contribution in [2.45, 2.75) is 4.90 Å². The average Bonchev–Trinajstić information content (AvgIpc) is 2.50. The van der Waals surface area contributed by atoms with Gasteiger partial charge in [0.15, 0.2) is 0 Å². The standard InChI is InChI=1S/C9H5BrO2S2/c10-5-3-4-1-2-14-8(4)7(13)6(5)9(11)12/h1-3,13H,(H,11,12). The topological polar surface area (TPSA) is 37.3 Å². The Bertz CT molecular complexity index is 519. The molecular formula is C9H5BrO2S2. The highest BCUT2D eigenvalue weighted by molar-refractivity contribution is 9.10. The van der Waals surface area contributed by atoms with E-state index in [9.17, 15) is 4.79 Å².